The van der Waals surface area contributed by atoms with Gasteiger partial charge in [-0.05, 0) is 44.6 Å². The van der Waals surface area contributed by atoms with Crippen molar-refractivity contribution < 1.29 is 14.1 Å². The van der Waals surface area contributed by atoms with Crippen LogP contribution in [0.3, 0.4) is 0 Å². The molecule has 2 aliphatic carbocycles. The molecule has 6 nitrogen and oxygen atoms in total. The number of carbonyl (C=O) groups is 2. The quantitative estimate of drug-likeness (QED) is 0.872. The Morgan fingerprint density at radius 2 is 2.21 bits per heavy atom. The molecule has 0 aliphatic heterocycles. The van der Waals surface area contributed by atoms with Gasteiger partial charge in [-0.1, -0.05) is 5.16 Å². The molecule has 2 aliphatic rings. The summed E-state index contributed by atoms with van der Waals surface area (Å²) >= 11 is 1.53. The van der Waals surface area contributed by atoms with Gasteiger partial charge in [-0.15, -0.1) is 11.3 Å². The van der Waals surface area contributed by atoms with Crippen molar-refractivity contribution in [2.75, 3.05) is 5.32 Å². The van der Waals surface area contributed by atoms with Crippen LogP contribution in [0.25, 0.3) is 0 Å². The number of aryl methyl sites for hydroxylation is 2. The van der Waals surface area contributed by atoms with Crippen LogP contribution in [0.1, 0.15) is 51.5 Å². The van der Waals surface area contributed by atoms with Gasteiger partial charge in [-0.3, -0.25) is 9.59 Å². The lowest BCUT2D eigenvalue weighted by atomic mass is 10.1. The maximum Gasteiger partial charge on any atom is 0.254 e. The highest BCUT2D eigenvalue weighted by Crippen LogP contribution is 2.39. The van der Waals surface area contributed by atoms with E-state index in [1.54, 1.807) is 13.0 Å². The van der Waals surface area contributed by atoms with Crippen molar-refractivity contribution in [3.8, 4) is 0 Å². The summed E-state index contributed by atoms with van der Waals surface area (Å²) in [5.74, 6) is 0.450. The van der Waals surface area contributed by atoms with Gasteiger partial charge in [0.1, 0.15) is 10.8 Å². The van der Waals surface area contributed by atoms with Gasteiger partial charge in [0.25, 0.3) is 5.91 Å². The van der Waals surface area contributed by atoms with E-state index in [0.29, 0.717) is 28.1 Å². The lowest BCUT2D eigenvalue weighted by Gasteiger charge is -2.08. The maximum atomic E-state index is 12.6. The number of carbonyl (C=O) groups excluding carboxylic acids is 2. The Hall–Kier alpha value is -2.15. The fourth-order valence-corrected chi connectivity index (χ4v) is 4.36. The Kier molecular flexibility index (Phi) is 3.88. The van der Waals surface area contributed by atoms with Gasteiger partial charge in [0, 0.05) is 17.0 Å². The van der Waals surface area contributed by atoms with Gasteiger partial charge < -0.3 is 15.2 Å². The van der Waals surface area contributed by atoms with E-state index in [0.717, 1.165) is 37.7 Å². The standard InChI is InChI=1S/C17H19N3O3S/c1-9-7-11(20-23-9)8-14(21)19-17-15(16(22)18-10-5-6-10)12-3-2-4-13(12)24-17/h7,10H,2-6,8H2,1H3,(H,18,22)(H,19,21). The van der Waals surface area contributed by atoms with E-state index in [1.807, 2.05) is 0 Å². The number of aromatic nitrogens is 1. The fraction of sp³-hybridized carbons (Fsp3) is 0.471. The zero-order valence-corrected chi connectivity index (χ0v) is 14.3. The lowest BCUT2D eigenvalue weighted by Crippen LogP contribution is -2.27. The fourth-order valence-electron chi connectivity index (χ4n) is 3.05. The van der Waals surface area contributed by atoms with Gasteiger partial charge >= 0.3 is 0 Å². The van der Waals surface area contributed by atoms with E-state index in [2.05, 4.69) is 15.8 Å². The normalized spacial score (nSPS) is 16.0. The number of fused-ring (bicyclic) bond motifs is 1. The number of thiophene rings is 1. The molecule has 2 heterocycles. The SMILES string of the molecule is Cc1cc(CC(=O)Nc2sc3c(c2C(=O)NC2CC2)CCC3)no1. The van der Waals surface area contributed by atoms with Crippen LogP contribution in [0.4, 0.5) is 5.00 Å². The monoisotopic (exact) mass is 345 g/mol. The Balaban J connectivity index is 1.53. The lowest BCUT2D eigenvalue weighted by molar-refractivity contribution is -0.115. The van der Waals surface area contributed by atoms with Crippen LogP contribution < -0.4 is 10.6 Å². The smallest absolute Gasteiger partial charge is 0.254 e. The summed E-state index contributed by atoms with van der Waals surface area (Å²) in [6.07, 6.45) is 5.22. The molecule has 7 heteroatoms. The number of rotatable bonds is 5. The first-order chi connectivity index (χ1) is 11.6. The molecular formula is C17H19N3O3S. The molecule has 2 amide bonds. The third-order valence-corrected chi connectivity index (χ3v) is 5.54. The number of anilines is 1. The van der Waals surface area contributed by atoms with E-state index >= 15 is 0 Å². The first-order valence-corrected chi connectivity index (χ1v) is 9.09. The van der Waals surface area contributed by atoms with Crippen molar-refractivity contribution in [1.29, 1.82) is 0 Å². The largest absolute Gasteiger partial charge is 0.361 e. The van der Waals surface area contributed by atoms with Crippen LogP contribution in [0.2, 0.25) is 0 Å². The van der Waals surface area contributed by atoms with Crippen molar-refractivity contribution in [3.05, 3.63) is 33.5 Å². The maximum absolute atomic E-state index is 12.6. The van der Waals surface area contributed by atoms with Crippen molar-refractivity contribution in [2.24, 2.45) is 0 Å². The van der Waals surface area contributed by atoms with Crippen LogP contribution in [0.15, 0.2) is 10.6 Å². The zero-order chi connectivity index (χ0) is 16.7. The molecule has 0 spiro atoms. The molecular weight excluding hydrogens is 326 g/mol. The van der Waals surface area contributed by atoms with Gasteiger partial charge in [-0.2, -0.15) is 0 Å². The highest BCUT2D eigenvalue weighted by atomic mass is 32.1. The van der Waals surface area contributed by atoms with Crippen molar-refractivity contribution in [1.82, 2.24) is 10.5 Å². The predicted octanol–water partition coefficient (Wildman–Crippen LogP) is 2.61. The topological polar surface area (TPSA) is 84.2 Å². The van der Waals surface area contributed by atoms with E-state index in [9.17, 15) is 9.59 Å². The summed E-state index contributed by atoms with van der Waals surface area (Å²) in [6.45, 7) is 1.79. The van der Waals surface area contributed by atoms with Crippen LogP contribution in [-0.4, -0.2) is 23.0 Å². The van der Waals surface area contributed by atoms with Crippen molar-refractivity contribution in [3.63, 3.8) is 0 Å². The predicted molar refractivity (Wildman–Crippen MR) is 90.4 cm³/mol. The molecule has 0 radical (unpaired) electrons. The molecule has 2 aromatic rings. The highest BCUT2D eigenvalue weighted by molar-refractivity contribution is 7.17. The third kappa shape index (κ3) is 3.08. The van der Waals surface area contributed by atoms with Crippen LogP contribution in [0.5, 0.6) is 0 Å². The minimum Gasteiger partial charge on any atom is -0.361 e. The zero-order valence-electron chi connectivity index (χ0n) is 13.5. The second kappa shape index (κ2) is 6.05. The average Bonchev–Trinajstić information content (AvgIpc) is 2.90. The molecule has 0 atom stereocenters. The number of nitrogens with one attached hydrogen (secondary N) is 2. The molecule has 2 aromatic heterocycles. The van der Waals surface area contributed by atoms with Crippen LogP contribution in [0, 0.1) is 6.92 Å². The Morgan fingerprint density at radius 1 is 1.38 bits per heavy atom. The minimum absolute atomic E-state index is 0.0514. The summed E-state index contributed by atoms with van der Waals surface area (Å²) in [7, 11) is 0. The first-order valence-electron chi connectivity index (χ1n) is 8.27. The molecule has 4 rings (SSSR count). The van der Waals surface area contributed by atoms with Gasteiger partial charge in [0.15, 0.2) is 0 Å². The van der Waals surface area contributed by atoms with E-state index < -0.39 is 0 Å². The summed E-state index contributed by atoms with van der Waals surface area (Å²) in [4.78, 5) is 26.1. The third-order valence-electron chi connectivity index (χ3n) is 4.33. The van der Waals surface area contributed by atoms with Crippen LogP contribution in [-0.2, 0) is 24.1 Å². The molecule has 0 saturated heterocycles. The van der Waals surface area contributed by atoms with Gasteiger partial charge in [-0.25, -0.2) is 0 Å². The molecule has 1 saturated carbocycles. The Morgan fingerprint density at radius 3 is 2.92 bits per heavy atom. The van der Waals surface area contributed by atoms with Gasteiger partial charge in [0.2, 0.25) is 5.91 Å². The molecule has 0 aromatic carbocycles. The summed E-state index contributed by atoms with van der Waals surface area (Å²) < 4.78 is 4.99. The van der Waals surface area contributed by atoms with E-state index in [4.69, 9.17) is 4.52 Å². The highest BCUT2D eigenvalue weighted by Gasteiger charge is 2.31. The first kappa shape index (κ1) is 15.4. The second-order valence-corrected chi connectivity index (χ2v) is 7.57. The minimum atomic E-state index is -0.177. The van der Waals surface area contributed by atoms with Crippen molar-refractivity contribution >= 4 is 28.2 Å². The molecule has 2 N–H and O–H groups in total. The Labute approximate surface area is 143 Å². The molecule has 0 unspecified atom stereocenters. The molecule has 1 fully saturated rings. The van der Waals surface area contributed by atoms with Crippen LogP contribution >= 0.6 is 11.3 Å². The molecule has 126 valence electrons. The van der Waals surface area contributed by atoms with Crippen molar-refractivity contribution in [2.45, 2.75) is 51.5 Å². The molecule has 0 bridgehead atoms. The molecule has 24 heavy (non-hydrogen) atoms. The summed E-state index contributed by atoms with van der Waals surface area (Å²) in [5, 5.41) is 10.5. The number of nitrogens with zero attached hydrogens (tertiary/aromatic N) is 1. The van der Waals surface area contributed by atoms with E-state index in [-0.39, 0.29) is 18.2 Å². The summed E-state index contributed by atoms with van der Waals surface area (Å²) in [6, 6.07) is 2.05. The van der Waals surface area contributed by atoms with E-state index in [1.165, 1.54) is 16.2 Å². The number of hydrogen-bond acceptors (Lipinski definition) is 5. The number of amides is 2. The summed E-state index contributed by atoms with van der Waals surface area (Å²) in [5.41, 5.74) is 2.38. The Bertz CT molecular complexity index is 804. The number of hydrogen-bond donors (Lipinski definition) is 2. The van der Waals surface area contributed by atoms with Gasteiger partial charge in [0.05, 0.1) is 17.7 Å². The second-order valence-electron chi connectivity index (χ2n) is 6.46. The average molecular weight is 345 g/mol.